The van der Waals surface area contributed by atoms with Crippen LogP contribution in [0.3, 0.4) is 0 Å². The van der Waals surface area contributed by atoms with Gasteiger partial charge in [-0.15, -0.1) is 0 Å². The molecule has 1 heterocycles. The second-order valence-corrected chi connectivity index (χ2v) is 6.34. The summed E-state index contributed by atoms with van der Waals surface area (Å²) < 4.78 is 0. The van der Waals surface area contributed by atoms with Crippen molar-refractivity contribution in [3.63, 3.8) is 0 Å². The number of nitrogens with two attached hydrogens (primary N) is 1. The molecule has 0 spiro atoms. The molecular weight excluding hydrogens is 234 g/mol. The lowest BCUT2D eigenvalue weighted by Crippen LogP contribution is -2.53. The second kappa shape index (κ2) is 7.61. The van der Waals surface area contributed by atoms with E-state index in [1.54, 1.807) is 0 Å². The van der Waals surface area contributed by atoms with Gasteiger partial charge in [-0.25, -0.2) is 0 Å². The zero-order chi connectivity index (χ0) is 13.7. The van der Waals surface area contributed by atoms with Gasteiger partial charge in [0.25, 0.3) is 0 Å². The zero-order valence-electron chi connectivity index (χ0n) is 13.0. The van der Waals surface area contributed by atoms with E-state index in [1.807, 2.05) is 0 Å². The Kier molecular flexibility index (Phi) is 6.11. The van der Waals surface area contributed by atoms with Crippen molar-refractivity contribution in [2.24, 2.45) is 11.7 Å². The molecule has 0 bridgehead atoms. The van der Waals surface area contributed by atoms with E-state index in [1.165, 1.54) is 64.7 Å². The topological polar surface area (TPSA) is 32.5 Å². The summed E-state index contributed by atoms with van der Waals surface area (Å²) in [6, 6.07) is 1.58. The lowest BCUT2D eigenvalue weighted by molar-refractivity contribution is 0.0374. The van der Waals surface area contributed by atoms with Gasteiger partial charge in [0.05, 0.1) is 0 Å². The molecule has 2 aliphatic rings. The first kappa shape index (κ1) is 15.3. The summed E-state index contributed by atoms with van der Waals surface area (Å²) in [5.74, 6) is 0.748. The Balaban J connectivity index is 1.94. The Hall–Kier alpha value is -0.120. The highest BCUT2D eigenvalue weighted by atomic mass is 15.2. The van der Waals surface area contributed by atoms with E-state index in [0.717, 1.165) is 24.5 Å². The zero-order valence-corrected chi connectivity index (χ0v) is 13.0. The minimum atomic E-state index is 0.748. The molecule has 0 aromatic carbocycles. The second-order valence-electron chi connectivity index (χ2n) is 6.34. The fourth-order valence-electron chi connectivity index (χ4n) is 4.23. The molecule has 2 fully saturated rings. The summed E-state index contributed by atoms with van der Waals surface area (Å²) >= 11 is 0. The van der Waals surface area contributed by atoms with Crippen LogP contribution in [0.1, 0.15) is 52.4 Å². The maximum absolute atomic E-state index is 6.02. The van der Waals surface area contributed by atoms with Crippen LogP contribution < -0.4 is 5.73 Å². The highest BCUT2D eigenvalue weighted by Gasteiger charge is 2.33. The summed E-state index contributed by atoms with van der Waals surface area (Å²) in [7, 11) is 0. The van der Waals surface area contributed by atoms with Crippen LogP contribution in [0.4, 0.5) is 0 Å². The van der Waals surface area contributed by atoms with Gasteiger partial charge < -0.3 is 10.6 Å². The van der Waals surface area contributed by atoms with Crippen molar-refractivity contribution < 1.29 is 0 Å². The quantitative estimate of drug-likeness (QED) is 0.829. The lowest BCUT2D eigenvalue weighted by atomic mass is 9.82. The van der Waals surface area contributed by atoms with E-state index in [0.29, 0.717) is 0 Å². The fraction of sp³-hybridized carbons (Fsp3) is 1.00. The van der Waals surface area contributed by atoms with Crippen molar-refractivity contribution >= 4 is 0 Å². The molecule has 2 N–H and O–H groups in total. The minimum Gasteiger partial charge on any atom is -0.330 e. The minimum absolute atomic E-state index is 0.748. The molecule has 0 aromatic rings. The van der Waals surface area contributed by atoms with Crippen molar-refractivity contribution in [3.05, 3.63) is 0 Å². The van der Waals surface area contributed by atoms with Gasteiger partial charge in [-0.3, -0.25) is 4.90 Å². The summed E-state index contributed by atoms with van der Waals surface area (Å²) in [6.45, 7) is 10.5. The largest absolute Gasteiger partial charge is 0.330 e. The molecule has 1 saturated heterocycles. The molecule has 2 rings (SSSR count). The molecule has 112 valence electrons. The van der Waals surface area contributed by atoms with Crippen LogP contribution in [0.5, 0.6) is 0 Å². The van der Waals surface area contributed by atoms with Crippen molar-refractivity contribution in [3.8, 4) is 0 Å². The Bertz CT molecular complexity index is 248. The third-order valence-electron chi connectivity index (χ3n) is 5.44. The first-order chi connectivity index (χ1) is 9.30. The molecule has 0 radical (unpaired) electrons. The molecule has 19 heavy (non-hydrogen) atoms. The molecule has 2 atom stereocenters. The van der Waals surface area contributed by atoms with Crippen molar-refractivity contribution in [1.29, 1.82) is 0 Å². The smallest absolute Gasteiger partial charge is 0.0138 e. The maximum Gasteiger partial charge on any atom is 0.0138 e. The van der Waals surface area contributed by atoms with Gasteiger partial charge in [0.15, 0.2) is 0 Å². The van der Waals surface area contributed by atoms with Crippen LogP contribution in [0.25, 0.3) is 0 Å². The van der Waals surface area contributed by atoms with E-state index in [4.69, 9.17) is 5.73 Å². The third kappa shape index (κ3) is 3.71. The maximum atomic E-state index is 6.02. The van der Waals surface area contributed by atoms with Crippen LogP contribution >= 0.6 is 0 Å². The average Bonchev–Trinajstić information content (AvgIpc) is 2.49. The standard InChI is InChI=1S/C16H33N3/c1-3-18-11-9-15(10-12-18)19(4-2)16-8-6-5-7-14(16)13-17/h14-16H,3-13,17H2,1-2H3. The number of hydrogen-bond donors (Lipinski definition) is 1. The monoisotopic (exact) mass is 267 g/mol. The van der Waals surface area contributed by atoms with Gasteiger partial charge in [0.2, 0.25) is 0 Å². The molecule has 3 nitrogen and oxygen atoms in total. The fourth-order valence-corrected chi connectivity index (χ4v) is 4.23. The Morgan fingerprint density at radius 1 is 1.05 bits per heavy atom. The van der Waals surface area contributed by atoms with Crippen LogP contribution in [-0.4, -0.2) is 54.6 Å². The number of likely N-dealkylation sites (tertiary alicyclic amines) is 1. The molecule has 0 aromatic heterocycles. The molecule has 1 aliphatic carbocycles. The van der Waals surface area contributed by atoms with Crippen LogP contribution in [-0.2, 0) is 0 Å². The van der Waals surface area contributed by atoms with Gasteiger partial charge in [0.1, 0.15) is 0 Å². The molecule has 1 aliphatic heterocycles. The Morgan fingerprint density at radius 2 is 1.74 bits per heavy atom. The van der Waals surface area contributed by atoms with E-state index >= 15 is 0 Å². The predicted molar refractivity (Wildman–Crippen MR) is 82.3 cm³/mol. The van der Waals surface area contributed by atoms with Gasteiger partial charge in [-0.05, 0) is 64.3 Å². The third-order valence-corrected chi connectivity index (χ3v) is 5.44. The first-order valence-electron chi connectivity index (χ1n) is 8.48. The van der Waals surface area contributed by atoms with E-state index in [2.05, 4.69) is 23.6 Å². The normalized spacial score (nSPS) is 30.9. The SMILES string of the molecule is CCN1CCC(N(CC)C2CCCCC2CN)CC1. The van der Waals surface area contributed by atoms with Crippen LogP contribution in [0.15, 0.2) is 0 Å². The van der Waals surface area contributed by atoms with Crippen molar-refractivity contribution in [2.45, 2.75) is 64.5 Å². The van der Waals surface area contributed by atoms with Crippen LogP contribution in [0, 0.1) is 5.92 Å². The summed E-state index contributed by atoms with van der Waals surface area (Å²) in [5, 5.41) is 0. The van der Waals surface area contributed by atoms with Crippen LogP contribution in [0.2, 0.25) is 0 Å². The average molecular weight is 267 g/mol. The highest BCUT2D eigenvalue weighted by molar-refractivity contribution is 4.89. The Morgan fingerprint density at radius 3 is 2.32 bits per heavy atom. The molecule has 3 heteroatoms. The first-order valence-corrected chi connectivity index (χ1v) is 8.48. The van der Waals surface area contributed by atoms with Crippen molar-refractivity contribution in [1.82, 2.24) is 9.80 Å². The highest BCUT2D eigenvalue weighted by Crippen LogP contribution is 2.31. The van der Waals surface area contributed by atoms with Crippen molar-refractivity contribution in [2.75, 3.05) is 32.7 Å². The van der Waals surface area contributed by atoms with E-state index < -0.39 is 0 Å². The number of piperidine rings is 1. The molecule has 0 amide bonds. The van der Waals surface area contributed by atoms with Gasteiger partial charge in [-0.2, -0.15) is 0 Å². The number of nitrogens with zero attached hydrogens (tertiary/aromatic N) is 2. The van der Waals surface area contributed by atoms with Gasteiger partial charge >= 0.3 is 0 Å². The number of rotatable bonds is 5. The summed E-state index contributed by atoms with van der Waals surface area (Å²) in [6.07, 6.45) is 8.25. The molecular formula is C16H33N3. The van der Waals surface area contributed by atoms with E-state index in [-0.39, 0.29) is 0 Å². The predicted octanol–water partition coefficient (Wildman–Crippen LogP) is 2.31. The summed E-state index contributed by atoms with van der Waals surface area (Å²) in [5.41, 5.74) is 6.02. The lowest BCUT2D eigenvalue weighted by Gasteiger charge is -2.46. The van der Waals surface area contributed by atoms with Gasteiger partial charge in [-0.1, -0.05) is 26.7 Å². The summed E-state index contributed by atoms with van der Waals surface area (Å²) in [4.78, 5) is 5.40. The molecule has 2 unspecified atom stereocenters. The molecule has 1 saturated carbocycles. The van der Waals surface area contributed by atoms with E-state index in [9.17, 15) is 0 Å². The van der Waals surface area contributed by atoms with Gasteiger partial charge in [0, 0.05) is 12.1 Å². The Labute approximate surface area is 119 Å². The number of hydrogen-bond acceptors (Lipinski definition) is 3.